The maximum absolute atomic E-state index is 12.5. The third-order valence-electron chi connectivity index (χ3n) is 5.38. The van der Waals surface area contributed by atoms with Gasteiger partial charge in [0, 0.05) is 38.6 Å². The summed E-state index contributed by atoms with van der Waals surface area (Å²) in [7, 11) is 3.87. The molecule has 6 nitrogen and oxygen atoms in total. The van der Waals surface area contributed by atoms with Gasteiger partial charge in [-0.1, -0.05) is 30.3 Å². The van der Waals surface area contributed by atoms with Crippen LogP contribution in [0.5, 0.6) is 0 Å². The van der Waals surface area contributed by atoms with E-state index in [9.17, 15) is 4.79 Å². The second kappa shape index (κ2) is 9.28. The molecule has 0 radical (unpaired) electrons. The Morgan fingerprint density at radius 1 is 1.20 bits per heavy atom. The van der Waals surface area contributed by atoms with Crippen molar-refractivity contribution in [1.29, 1.82) is 0 Å². The van der Waals surface area contributed by atoms with Crippen molar-refractivity contribution in [2.45, 2.75) is 19.0 Å². The molecule has 1 unspecified atom stereocenters. The van der Waals surface area contributed by atoms with Gasteiger partial charge in [-0.25, -0.2) is 9.78 Å². The smallest absolute Gasteiger partial charge is 0.319 e. The Morgan fingerprint density at radius 2 is 2.03 bits per heavy atom. The van der Waals surface area contributed by atoms with E-state index in [-0.39, 0.29) is 12.1 Å². The molecule has 3 heterocycles. The highest BCUT2D eigenvalue weighted by molar-refractivity contribution is 7.10. The molecule has 0 bridgehead atoms. The second-order valence-corrected chi connectivity index (χ2v) is 8.65. The van der Waals surface area contributed by atoms with Gasteiger partial charge >= 0.3 is 6.03 Å². The first-order chi connectivity index (χ1) is 14.6. The maximum atomic E-state index is 12.5. The van der Waals surface area contributed by atoms with Crippen LogP contribution in [0.4, 0.5) is 16.3 Å². The van der Waals surface area contributed by atoms with E-state index in [1.54, 1.807) is 6.20 Å². The van der Waals surface area contributed by atoms with Crippen molar-refractivity contribution in [3.8, 4) is 0 Å². The molecule has 4 rings (SSSR count). The Kier molecular flexibility index (Phi) is 6.30. The van der Waals surface area contributed by atoms with Crippen LogP contribution in [-0.4, -0.2) is 43.1 Å². The van der Waals surface area contributed by atoms with Gasteiger partial charge in [-0.3, -0.25) is 4.90 Å². The third kappa shape index (κ3) is 4.80. The molecule has 2 aromatic heterocycles. The molecule has 156 valence electrons. The fraction of sp³-hybridized carbons (Fsp3) is 0.304. The number of pyridine rings is 1. The Morgan fingerprint density at radius 3 is 2.77 bits per heavy atom. The number of hydrogen-bond acceptors (Lipinski definition) is 5. The van der Waals surface area contributed by atoms with Crippen LogP contribution in [0.1, 0.15) is 22.0 Å². The molecular weight excluding hydrogens is 394 g/mol. The number of carbonyl (C=O) groups excluding carboxylic acids is 1. The molecule has 1 aliphatic rings. The number of rotatable bonds is 6. The van der Waals surface area contributed by atoms with Crippen LogP contribution in [0.25, 0.3) is 0 Å². The third-order valence-corrected chi connectivity index (χ3v) is 6.41. The monoisotopic (exact) mass is 421 g/mol. The minimum absolute atomic E-state index is 0.124. The summed E-state index contributed by atoms with van der Waals surface area (Å²) in [4.78, 5) is 22.7. The zero-order valence-corrected chi connectivity index (χ0v) is 18.2. The van der Waals surface area contributed by atoms with Gasteiger partial charge in [-0.05, 0) is 41.1 Å². The van der Waals surface area contributed by atoms with Gasteiger partial charge in [0.2, 0.25) is 0 Å². The molecule has 0 spiro atoms. The van der Waals surface area contributed by atoms with Crippen molar-refractivity contribution in [2.24, 2.45) is 0 Å². The van der Waals surface area contributed by atoms with Crippen LogP contribution in [-0.2, 0) is 13.0 Å². The molecule has 2 amide bonds. The number of urea groups is 1. The van der Waals surface area contributed by atoms with Gasteiger partial charge < -0.3 is 15.5 Å². The van der Waals surface area contributed by atoms with E-state index in [1.165, 1.54) is 16.0 Å². The van der Waals surface area contributed by atoms with E-state index in [2.05, 4.69) is 56.2 Å². The summed E-state index contributed by atoms with van der Waals surface area (Å²) in [6.07, 6.45) is 2.73. The number of nitrogens with one attached hydrogen (secondary N) is 2. The summed E-state index contributed by atoms with van der Waals surface area (Å²) in [5, 5.41) is 8.11. The Bertz CT molecular complexity index is 971. The van der Waals surface area contributed by atoms with Gasteiger partial charge in [0.15, 0.2) is 0 Å². The minimum atomic E-state index is -0.219. The average Bonchev–Trinajstić information content (AvgIpc) is 3.23. The number of benzene rings is 1. The van der Waals surface area contributed by atoms with E-state index in [4.69, 9.17) is 0 Å². The molecule has 7 heteroatoms. The van der Waals surface area contributed by atoms with Crippen LogP contribution >= 0.6 is 11.3 Å². The number of thiophene rings is 1. The van der Waals surface area contributed by atoms with E-state index >= 15 is 0 Å². The predicted octanol–water partition coefficient (Wildman–Crippen LogP) is 4.13. The Balaban J connectivity index is 1.41. The molecular formula is C23H27N5OS. The highest BCUT2D eigenvalue weighted by atomic mass is 32.1. The standard InChI is InChI=1S/C23H27N5OS/c1-27(2)22-9-8-19(14-24-22)26-23(29)25-15-20(17-6-4-3-5-7-17)28-12-10-21-18(16-28)11-13-30-21/h3-9,11,13-14,20H,10,12,15-16H2,1-2H3,(H2,25,26,29). The van der Waals surface area contributed by atoms with Crippen molar-refractivity contribution in [3.63, 3.8) is 0 Å². The summed E-state index contributed by atoms with van der Waals surface area (Å²) in [5.41, 5.74) is 3.30. The van der Waals surface area contributed by atoms with Crippen LogP contribution in [0.3, 0.4) is 0 Å². The van der Waals surface area contributed by atoms with Crippen LogP contribution in [0, 0.1) is 0 Å². The average molecular weight is 422 g/mol. The molecule has 3 aromatic rings. The number of carbonyl (C=O) groups is 1. The lowest BCUT2D eigenvalue weighted by Gasteiger charge is -2.35. The van der Waals surface area contributed by atoms with Gasteiger partial charge in [-0.15, -0.1) is 11.3 Å². The molecule has 1 aliphatic heterocycles. The largest absolute Gasteiger partial charge is 0.363 e. The molecule has 1 aromatic carbocycles. The molecule has 0 aliphatic carbocycles. The maximum Gasteiger partial charge on any atom is 0.319 e. The van der Waals surface area contributed by atoms with Gasteiger partial charge in [0.1, 0.15) is 5.82 Å². The summed E-state index contributed by atoms with van der Waals surface area (Å²) in [6.45, 7) is 2.45. The zero-order chi connectivity index (χ0) is 20.9. The van der Waals surface area contributed by atoms with E-state index in [0.29, 0.717) is 12.2 Å². The highest BCUT2D eigenvalue weighted by Crippen LogP contribution is 2.30. The van der Waals surface area contributed by atoms with E-state index < -0.39 is 0 Å². The molecule has 0 saturated heterocycles. The van der Waals surface area contributed by atoms with Crippen LogP contribution in [0.15, 0.2) is 60.1 Å². The van der Waals surface area contributed by atoms with Gasteiger partial charge in [0.05, 0.1) is 17.9 Å². The molecule has 0 saturated carbocycles. The van der Waals surface area contributed by atoms with Gasteiger partial charge in [-0.2, -0.15) is 0 Å². The quantitative estimate of drug-likeness (QED) is 0.628. The fourth-order valence-electron chi connectivity index (χ4n) is 3.76. The lowest BCUT2D eigenvalue weighted by molar-refractivity contribution is 0.177. The minimum Gasteiger partial charge on any atom is -0.363 e. The second-order valence-electron chi connectivity index (χ2n) is 7.65. The summed E-state index contributed by atoms with van der Waals surface area (Å²) in [5.74, 6) is 0.850. The Hall–Kier alpha value is -2.90. The first-order valence-corrected chi connectivity index (χ1v) is 11.0. The molecule has 30 heavy (non-hydrogen) atoms. The highest BCUT2D eigenvalue weighted by Gasteiger charge is 2.25. The summed E-state index contributed by atoms with van der Waals surface area (Å²) >= 11 is 1.84. The lowest BCUT2D eigenvalue weighted by Crippen LogP contribution is -2.41. The van der Waals surface area contributed by atoms with Crippen molar-refractivity contribution < 1.29 is 4.79 Å². The first kappa shape index (κ1) is 20.4. The lowest BCUT2D eigenvalue weighted by atomic mass is 10.0. The van der Waals surface area contributed by atoms with E-state index in [1.807, 2.05) is 48.5 Å². The topological polar surface area (TPSA) is 60.5 Å². The van der Waals surface area contributed by atoms with Crippen molar-refractivity contribution in [1.82, 2.24) is 15.2 Å². The number of amides is 2. The summed E-state index contributed by atoms with van der Waals surface area (Å²) < 4.78 is 0. The number of anilines is 2. The van der Waals surface area contributed by atoms with Crippen molar-refractivity contribution >= 4 is 28.9 Å². The number of hydrogen-bond donors (Lipinski definition) is 2. The van der Waals surface area contributed by atoms with Crippen molar-refractivity contribution in [3.05, 3.63) is 76.1 Å². The number of fused-ring (bicyclic) bond motifs is 1. The molecule has 2 N–H and O–H groups in total. The Labute approximate surface area is 181 Å². The predicted molar refractivity (Wildman–Crippen MR) is 123 cm³/mol. The van der Waals surface area contributed by atoms with Crippen molar-refractivity contribution in [2.75, 3.05) is 37.4 Å². The first-order valence-electron chi connectivity index (χ1n) is 10.1. The SMILES string of the molecule is CN(C)c1ccc(NC(=O)NCC(c2ccccc2)N2CCc3sccc3C2)cn1. The fourth-order valence-corrected chi connectivity index (χ4v) is 4.65. The van der Waals surface area contributed by atoms with Gasteiger partial charge in [0.25, 0.3) is 0 Å². The molecule has 0 fully saturated rings. The number of aromatic nitrogens is 1. The van der Waals surface area contributed by atoms with Crippen LogP contribution < -0.4 is 15.5 Å². The normalized spacial score (nSPS) is 14.6. The number of nitrogens with zero attached hydrogens (tertiary/aromatic N) is 3. The zero-order valence-electron chi connectivity index (χ0n) is 17.3. The summed E-state index contributed by atoms with van der Waals surface area (Å²) in [6, 6.07) is 16.3. The molecule has 1 atom stereocenters. The van der Waals surface area contributed by atoms with Crippen LogP contribution in [0.2, 0.25) is 0 Å². The van der Waals surface area contributed by atoms with E-state index in [0.717, 1.165) is 25.3 Å².